The van der Waals surface area contributed by atoms with Crippen molar-refractivity contribution >= 4 is 32.0 Å². The Balaban J connectivity index is 1.72. The number of hydrogen-bond donors (Lipinski definition) is 0. The lowest BCUT2D eigenvalue weighted by Gasteiger charge is -2.44. The maximum Gasteiger partial charge on any atom is 0.356 e. The molecule has 1 fully saturated rings. The Hall–Kier alpha value is -1.98. The van der Waals surface area contributed by atoms with E-state index in [0.717, 1.165) is 4.91 Å². The molecule has 0 aliphatic carbocycles. The van der Waals surface area contributed by atoms with Crippen LogP contribution in [0.5, 0.6) is 0 Å². The van der Waals surface area contributed by atoms with Gasteiger partial charge in [-0.05, 0) is 28.6 Å². The summed E-state index contributed by atoms with van der Waals surface area (Å²) in [7, 11) is -1.97. The zero-order valence-electron chi connectivity index (χ0n) is 18.1. The summed E-state index contributed by atoms with van der Waals surface area (Å²) in [5.74, 6) is -0.861. The third-order valence-electron chi connectivity index (χ3n) is 5.84. The summed E-state index contributed by atoms with van der Waals surface area (Å²) in [6.45, 7) is 15.4. The van der Waals surface area contributed by atoms with Crippen LogP contribution in [0.2, 0.25) is 18.1 Å². The predicted octanol–water partition coefficient (Wildman–Crippen LogP) is 2.56. The smallest absolute Gasteiger partial charge is 0.356 e. The summed E-state index contributed by atoms with van der Waals surface area (Å²) >= 11 is 1.53. The number of nitrogens with zero attached hydrogens (tertiary/aromatic N) is 5. The molecule has 3 rings (SSSR count). The van der Waals surface area contributed by atoms with Crippen LogP contribution in [0.15, 0.2) is 29.6 Å². The van der Waals surface area contributed by atoms with Gasteiger partial charge in [-0.15, -0.1) is 16.9 Å². The van der Waals surface area contributed by atoms with Crippen LogP contribution in [0.25, 0.3) is 0 Å². The molecule has 2 aliphatic rings. The van der Waals surface area contributed by atoms with Crippen LogP contribution < -0.4 is 0 Å². The molecule has 30 heavy (non-hydrogen) atoms. The van der Waals surface area contributed by atoms with Gasteiger partial charge in [-0.1, -0.05) is 33.4 Å². The Morgan fingerprint density at radius 3 is 2.73 bits per heavy atom. The van der Waals surface area contributed by atoms with Gasteiger partial charge in [-0.25, -0.2) is 9.48 Å². The molecule has 2 atom stereocenters. The van der Waals surface area contributed by atoms with E-state index in [1.807, 2.05) is 0 Å². The lowest BCUT2D eigenvalue weighted by Crippen LogP contribution is -2.60. The molecule has 1 amide bonds. The van der Waals surface area contributed by atoms with E-state index in [9.17, 15) is 9.59 Å². The van der Waals surface area contributed by atoms with Crippen molar-refractivity contribution < 1.29 is 18.8 Å². The van der Waals surface area contributed by atoms with Crippen molar-refractivity contribution in [3.05, 3.63) is 29.6 Å². The molecule has 0 saturated carbocycles. The Kier molecular flexibility index (Phi) is 6.53. The molecule has 0 N–H and O–H groups in total. The van der Waals surface area contributed by atoms with Crippen molar-refractivity contribution in [2.24, 2.45) is 5.92 Å². The zero-order valence-corrected chi connectivity index (χ0v) is 19.9. The number of tetrazole rings is 1. The van der Waals surface area contributed by atoms with Gasteiger partial charge in [-0.3, -0.25) is 9.69 Å². The number of carbonyl (C=O) groups excluding carboxylic acids is 2. The highest BCUT2D eigenvalue weighted by Crippen LogP contribution is 2.51. The summed E-state index contributed by atoms with van der Waals surface area (Å²) in [6, 6.07) is 0. The highest BCUT2D eigenvalue weighted by Gasteiger charge is 2.56. The second-order valence-corrected chi connectivity index (χ2v) is 14.9. The van der Waals surface area contributed by atoms with Crippen molar-refractivity contribution in [3.63, 3.8) is 0 Å². The zero-order chi connectivity index (χ0) is 22.1. The van der Waals surface area contributed by atoms with Crippen molar-refractivity contribution in [3.8, 4) is 0 Å². The molecule has 0 bridgehead atoms. The topological polar surface area (TPSA) is 99.4 Å². The molecule has 9 nitrogen and oxygen atoms in total. The summed E-state index contributed by atoms with van der Waals surface area (Å²) < 4.78 is 13.1. The number of carbonyl (C=O) groups is 2. The van der Waals surface area contributed by atoms with Gasteiger partial charge in [0.05, 0.1) is 5.92 Å². The van der Waals surface area contributed by atoms with Crippen LogP contribution in [0.1, 0.15) is 27.2 Å². The average molecular weight is 452 g/mol. The second-order valence-electron chi connectivity index (χ2n) is 8.88. The van der Waals surface area contributed by atoms with Gasteiger partial charge in [0.25, 0.3) is 0 Å². The Morgan fingerprint density at radius 2 is 2.13 bits per heavy atom. The number of allylic oxidation sites excluding steroid dienone is 1. The van der Waals surface area contributed by atoms with Crippen molar-refractivity contribution in [2.45, 2.75) is 57.2 Å². The molecular weight excluding hydrogens is 422 g/mol. The molecule has 0 spiro atoms. The SMILES string of the molecule is C=CCOC(=O)C1=C(CCn2cnnn2)S[C@@H]2[C@@H](CO[Si](C)(C)C(C)(C)C)C(=O)N12. The van der Waals surface area contributed by atoms with E-state index in [4.69, 9.17) is 9.16 Å². The van der Waals surface area contributed by atoms with Crippen molar-refractivity contribution in [1.29, 1.82) is 0 Å². The molecule has 3 heterocycles. The summed E-state index contributed by atoms with van der Waals surface area (Å²) in [5, 5.41) is 11.0. The summed E-state index contributed by atoms with van der Waals surface area (Å²) in [5.41, 5.74) is 0.327. The van der Waals surface area contributed by atoms with E-state index in [-0.39, 0.29) is 28.8 Å². The third kappa shape index (κ3) is 4.37. The van der Waals surface area contributed by atoms with E-state index < -0.39 is 14.3 Å². The molecule has 164 valence electrons. The number of fused-ring (bicyclic) bond motifs is 1. The first-order valence-corrected chi connectivity index (χ1v) is 13.7. The molecule has 1 aromatic heterocycles. The van der Waals surface area contributed by atoms with E-state index in [0.29, 0.717) is 25.3 Å². The van der Waals surface area contributed by atoms with Crippen molar-refractivity contribution in [1.82, 2.24) is 25.1 Å². The quantitative estimate of drug-likeness (QED) is 0.244. The molecule has 0 aromatic carbocycles. The van der Waals surface area contributed by atoms with Crippen LogP contribution in [0, 0.1) is 5.92 Å². The fourth-order valence-electron chi connectivity index (χ4n) is 2.99. The van der Waals surface area contributed by atoms with Gasteiger partial charge < -0.3 is 9.16 Å². The third-order valence-corrected chi connectivity index (χ3v) is 11.8. The highest BCUT2D eigenvalue weighted by molar-refractivity contribution is 8.04. The maximum absolute atomic E-state index is 12.9. The van der Waals surface area contributed by atoms with E-state index in [1.165, 1.54) is 24.2 Å². The lowest BCUT2D eigenvalue weighted by molar-refractivity contribution is -0.154. The van der Waals surface area contributed by atoms with Gasteiger partial charge >= 0.3 is 5.97 Å². The highest BCUT2D eigenvalue weighted by atomic mass is 32.2. The largest absolute Gasteiger partial charge is 0.457 e. The predicted molar refractivity (Wildman–Crippen MR) is 115 cm³/mol. The number of rotatable bonds is 9. The Bertz CT molecular complexity index is 850. The number of aryl methyl sites for hydroxylation is 1. The van der Waals surface area contributed by atoms with E-state index in [2.05, 4.69) is 56.0 Å². The minimum Gasteiger partial charge on any atom is -0.457 e. The number of ether oxygens (including phenoxy) is 1. The van der Waals surface area contributed by atoms with Crippen LogP contribution in [-0.2, 0) is 25.3 Å². The van der Waals surface area contributed by atoms with Gasteiger partial charge in [0.1, 0.15) is 24.0 Å². The van der Waals surface area contributed by atoms with Crippen LogP contribution in [0.4, 0.5) is 0 Å². The average Bonchev–Trinajstić information content (AvgIpc) is 3.29. The molecule has 2 aliphatic heterocycles. The number of esters is 1. The minimum atomic E-state index is -1.97. The van der Waals surface area contributed by atoms with E-state index in [1.54, 1.807) is 9.58 Å². The molecule has 1 saturated heterocycles. The van der Waals surface area contributed by atoms with Crippen LogP contribution in [0.3, 0.4) is 0 Å². The number of hydrogen-bond acceptors (Lipinski definition) is 8. The first-order valence-electron chi connectivity index (χ1n) is 9.92. The number of aromatic nitrogens is 4. The molecule has 1 aromatic rings. The van der Waals surface area contributed by atoms with Crippen LogP contribution >= 0.6 is 11.8 Å². The molecular formula is C19H29N5O4SSi. The monoisotopic (exact) mass is 451 g/mol. The maximum atomic E-state index is 12.9. The minimum absolute atomic E-state index is 0.0667. The van der Waals surface area contributed by atoms with Gasteiger partial charge in [0.2, 0.25) is 5.91 Å². The normalized spacial score (nSPS) is 21.5. The summed E-state index contributed by atoms with van der Waals surface area (Å²) in [4.78, 5) is 28.0. The molecule has 0 unspecified atom stereocenters. The first-order chi connectivity index (χ1) is 14.1. The fraction of sp³-hybridized carbons (Fsp3) is 0.632. The Morgan fingerprint density at radius 1 is 1.40 bits per heavy atom. The first kappa shape index (κ1) is 22.7. The Labute approximate surface area is 182 Å². The van der Waals surface area contributed by atoms with Crippen LogP contribution in [-0.4, -0.2) is 63.9 Å². The molecule has 0 radical (unpaired) electrons. The lowest BCUT2D eigenvalue weighted by atomic mass is 9.98. The molecule has 11 heteroatoms. The number of thioether (sulfide) groups is 1. The van der Waals surface area contributed by atoms with Gasteiger partial charge in [-0.2, -0.15) is 0 Å². The standard InChI is InChI=1S/C19H29N5O4SSi/c1-7-10-27-18(26)15-14(8-9-23-12-20-21-22-23)29-17-13(16(25)24(15)17)11-28-30(5,6)19(2,3)4/h7,12-13,17H,1,8-11H2,2-6H3/t13-,17+/m0/s1. The fourth-order valence-corrected chi connectivity index (χ4v) is 5.49. The number of amides is 1. The summed E-state index contributed by atoms with van der Waals surface area (Å²) in [6.07, 6.45) is 3.56. The van der Waals surface area contributed by atoms with E-state index >= 15 is 0 Å². The van der Waals surface area contributed by atoms with Crippen molar-refractivity contribution in [2.75, 3.05) is 13.2 Å². The number of β-lactam (4-membered cyclic amide) rings is 1. The van der Waals surface area contributed by atoms with Gasteiger partial charge in [0, 0.05) is 24.5 Å². The van der Waals surface area contributed by atoms with Gasteiger partial charge in [0.15, 0.2) is 8.32 Å². The second kappa shape index (κ2) is 8.64.